The van der Waals surface area contributed by atoms with E-state index in [0.717, 1.165) is 5.69 Å². The molecule has 1 unspecified atom stereocenters. The first-order valence-electron chi connectivity index (χ1n) is 6.68. The van der Waals surface area contributed by atoms with Crippen molar-refractivity contribution in [1.82, 2.24) is 0 Å². The zero-order valence-corrected chi connectivity index (χ0v) is 11.8. The Morgan fingerprint density at radius 2 is 1.60 bits per heavy atom. The van der Waals surface area contributed by atoms with E-state index < -0.39 is 0 Å². The normalized spacial score (nSPS) is 12.6. The van der Waals surface area contributed by atoms with E-state index in [2.05, 4.69) is 25.1 Å². The molecule has 0 spiro atoms. The van der Waals surface area contributed by atoms with Crippen LogP contribution in [0.25, 0.3) is 0 Å². The summed E-state index contributed by atoms with van der Waals surface area (Å²) in [5, 5.41) is 9.39. The second-order valence-corrected chi connectivity index (χ2v) is 4.76. The lowest BCUT2D eigenvalue weighted by molar-refractivity contribution is 0.945. The van der Waals surface area contributed by atoms with Crippen molar-refractivity contribution in [2.75, 3.05) is 11.9 Å². The quantitative estimate of drug-likeness (QED) is 0.767. The molecule has 20 heavy (non-hydrogen) atoms. The van der Waals surface area contributed by atoms with Crippen molar-refractivity contribution in [3.05, 3.63) is 78.0 Å². The van der Waals surface area contributed by atoms with Gasteiger partial charge >= 0.3 is 0 Å². The fourth-order valence-corrected chi connectivity index (χ4v) is 2.10. The van der Waals surface area contributed by atoms with Gasteiger partial charge in [-0.15, -0.1) is 0 Å². The number of anilines is 1. The molecule has 2 aromatic carbocycles. The molecular weight excluding hydrogens is 244 g/mol. The largest absolute Gasteiger partial charge is 0.336 e. The van der Waals surface area contributed by atoms with Gasteiger partial charge in [0.05, 0.1) is 0 Å². The topological polar surface area (TPSA) is 27.0 Å². The molecule has 2 rings (SSSR count). The summed E-state index contributed by atoms with van der Waals surface area (Å²) in [5.74, 6) is 0.206. The molecule has 1 atom stereocenters. The van der Waals surface area contributed by atoms with Crippen LogP contribution in [0, 0.1) is 11.3 Å². The molecule has 0 aromatic heterocycles. The SMILES string of the molecule is CC(/C=C(/C#N)N(C)c1ccccc1)c1ccccc1. The van der Waals surface area contributed by atoms with Gasteiger partial charge in [0, 0.05) is 18.7 Å². The molecule has 2 heteroatoms. The minimum Gasteiger partial charge on any atom is -0.336 e. The molecule has 0 aliphatic carbocycles. The predicted molar refractivity (Wildman–Crippen MR) is 83.4 cm³/mol. The van der Waals surface area contributed by atoms with Crippen LogP contribution < -0.4 is 4.90 Å². The Bertz CT molecular complexity index is 609. The van der Waals surface area contributed by atoms with Crippen molar-refractivity contribution >= 4 is 5.69 Å². The molecule has 0 amide bonds. The van der Waals surface area contributed by atoms with Crippen LogP contribution in [-0.4, -0.2) is 7.05 Å². The summed E-state index contributed by atoms with van der Waals surface area (Å²) in [6, 6.07) is 22.4. The molecule has 100 valence electrons. The van der Waals surface area contributed by atoms with Gasteiger partial charge in [-0.1, -0.05) is 55.5 Å². The van der Waals surface area contributed by atoms with Gasteiger partial charge in [-0.2, -0.15) is 5.26 Å². The predicted octanol–water partition coefficient (Wildman–Crippen LogP) is 4.33. The highest BCUT2D eigenvalue weighted by atomic mass is 15.1. The number of nitriles is 1. The summed E-state index contributed by atoms with van der Waals surface area (Å²) in [4.78, 5) is 1.92. The van der Waals surface area contributed by atoms with E-state index in [-0.39, 0.29) is 5.92 Å². The summed E-state index contributed by atoms with van der Waals surface area (Å²) in [7, 11) is 1.92. The molecule has 0 N–H and O–H groups in total. The Kier molecular flexibility index (Phi) is 4.57. The van der Waals surface area contributed by atoms with E-state index in [1.54, 1.807) is 0 Å². The smallest absolute Gasteiger partial charge is 0.117 e. The third-order valence-electron chi connectivity index (χ3n) is 3.35. The van der Waals surface area contributed by atoms with Gasteiger partial charge in [-0.25, -0.2) is 0 Å². The first-order chi connectivity index (χ1) is 9.72. The van der Waals surface area contributed by atoms with E-state index >= 15 is 0 Å². The number of rotatable bonds is 4. The highest BCUT2D eigenvalue weighted by molar-refractivity contribution is 5.54. The molecular formula is C18H18N2. The van der Waals surface area contributed by atoms with Crippen molar-refractivity contribution in [3.63, 3.8) is 0 Å². The molecule has 0 saturated carbocycles. The van der Waals surface area contributed by atoms with Crippen LogP contribution in [0.3, 0.4) is 0 Å². The van der Waals surface area contributed by atoms with Gasteiger partial charge in [0.15, 0.2) is 0 Å². The number of allylic oxidation sites excluding steroid dienone is 2. The second kappa shape index (κ2) is 6.58. The highest BCUT2D eigenvalue weighted by Crippen LogP contribution is 2.22. The summed E-state index contributed by atoms with van der Waals surface area (Å²) >= 11 is 0. The Balaban J connectivity index is 2.24. The molecule has 0 fully saturated rings. The fraction of sp³-hybridized carbons (Fsp3) is 0.167. The lowest BCUT2D eigenvalue weighted by atomic mass is 10.00. The maximum Gasteiger partial charge on any atom is 0.117 e. The van der Waals surface area contributed by atoms with Crippen molar-refractivity contribution in [1.29, 1.82) is 5.26 Å². The minimum atomic E-state index is 0.206. The van der Waals surface area contributed by atoms with Crippen LogP contribution in [0.2, 0.25) is 0 Å². The molecule has 0 aliphatic heterocycles. The van der Waals surface area contributed by atoms with E-state index in [1.807, 2.05) is 66.6 Å². The molecule has 0 saturated heterocycles. The maximum atomic E-state index is 9.39. The van der Waals surface area contributed by atoms with Gasteiger partial charge in [0.25, 0.3) is 0 Å². The number of hydrogen-bond donors (Lipinski definition) is 0. The Labute approximate surface area is 120 Å². The van der Waals surface area contributed by atoms with Gasteiger partial charge in [-0.05, 0) is 23.8 Å². The Morgan fingerprint density at radius 1 is 1.05 bits per heavy atom. The Morgan fingerprint density at radius 3 is 2.15 bits per heavy atom. The lowest BCUT2D eigenvalue weighted by Gasteiger charge is -2.19. The average Bonchev–Trinajstić information content (AvgIpc) is 2.53. The van der Waals surface area contributed by atoms with E-state index in [4.69, 9.17) is 0 Å². The third-order valence-corrected chi connectivity index (χ3v) is 3.35. The zero-order valence-electron chi connectivity index (χ0n) is 11.8. The van der Waals surface area contributed by atoms with Crippen LogP contribution in [0.1, 0.15) is 18.4 Å². The van der Waals surface area contributed by atoms with Crippen LogP contribution >= 0.6 is 0 Å². The van der Waals surface area contributed by atoms with Crippen LogP contribution in [0.5, 0.6) is 0 Å². The molecule has 0 aliphatic rings. The molecule has 2 aromatic rings. The van der Waals surface area contributed by atoms with Crippen molar-refractivity contribution in [2.24, 2.45) is 0 Å². The van der Waals surface area contributed by atoms with Crippen LogP contribution in [0.4, 0.5) is 5.69 Å². The first kappa shape index (κ1) is 13.9. The lowest BCUT2D eigenvalue weighted by Crippen LogP contribution is -2.15. The number of para-hydroxylation sites is 1. The molecule has 0 radical (unpaired) electrons. The zero-order chi connectivity index (χ0) is 14.4. The first-order valence-corrected chi connectivity index (χ1v) is 6.68. The van der Waals surface area contributed by atoms with E-state index in [9.17, 15) is 5.26 Å². The second-order valence-electron chi connectivity index (χ2n) is 4.76. The fourth-order valence-electron chi connectivity index (χ4n) is 2.10. The third kappa shape index (κ3) is 3.27. The van der Waals surface area contributed by atoms with Crippen molar-refractivity contribution < 1.29 is 0 Å². The number of nitrogens with zero attached hydrogens (tertiary/aromatic N) is 2. The standard InChI is InChI=1S/C18H18N2/c1-15(16-9-5-3-6-10-16)13-18(14-19)20(2)17-11-7-4-8-12-17/h3-13,15H,1-2H3/b18-13-. The monoisotopic (exact) mass is 262 g/mol. The Hall–Kier alpha value is -2.53. The minimum absolute atomic E-state index is 0.206. The summed E-state index contributed by atoms with van der Waals surface area (Å²) < 4.78 is 0. The highest BCUT2D eigenvalue weighted by Gasteiger charge is 2.09. The van der Waals surface area contributed by atoms with E-state index in [0.29, 0.717) is 5.70 Å². The summed E-state index contributed by atoms with van der Waals surface area (Å²) in [6.45, 7) is 2.10. The molecule has 0 heterocycles. The van der Waals surface area contributed by atoms with Gasteiger partial charge in [-0.3, -0.25) is 0 Å². The van der Waals surface area contributed by atoms with Crippen molar-refractivity contribution in [3.8, 4) is 6.07 Å². The van der Waals surface area contributed by atoms with Gasteiger partial charge in [0.1, 0.15) is 11.8 Å². The average molecular weight is 262 g/mol. The maximum absolute atomic E-state index is 9.39. The number of benzene rings is 2. The van der Waals surface area contributed by atoms with Crippen molar-refractivity contribution in [2.45, 2.75) is 12.8 Å². The van der Waals surface area contributed by atoms with E-state index in [1.165, 1.54) is 5.56 Å². The molecule has 2 nitrogen and oxygen atoms in total. The summed E-state index contributed by atoms with van der Waals surface area (Å²) in [6.07, 6.45) is 2.00. The van der Waals surface area contributed by atoms with Gasteiger partial charge in [0.2, 0.25) is 0 Å². The van der Waals surface area contributed by atoms with Crippen LogP contribution in [-0.2, 0) is 0 Å². The van der Waals surface area contributed by atoms with Gasteiger partial charge < -0.3 is 4.90 Å². The summed E-state index contributed by atoms with van der Waals surface area (Å²) in [5.41, 5.74) is 2.88. The van der Waals surface area contributed by atoms with Crippen LogP contribution in [0.15, 0.2) is 72.4 Å². The number of hydrogen-bond acceptors (Lipinski definition) is 2. The molecule has 0 bridgehead atoms.